The summed E-state index contributed by atoms with van der Waals surface area (Å²) < 4.78 is 0. The van der Waals surface area contributed by atoms with E-state index in [-0.39, 0.29) is 0 Å². The first kappa shape index (κ1) is 13.6. The Morgan fingerprint density at radius 1 is 1.33 bits per heavy atom. The lowest BCUT2D eigenvalue weighted by atomic mass is 9.93. The van der Waals surface area contributed by atoms with Crippen LogP contribution >= 0.6 is 0 Å². The fourth-order valence-electron chi connectivity index (χ4n) is 2.92. The highest BCUT2D eigenvalue weighted by molar-refractivity contribution is 5.25. The van der Waals surface area contributed by atoms with Gasteiger partial charge in [0.15, 0.2) is 0 Å². The number of aryl methyl sites for hydroxylation is 1. The standard InChI is InChI=1S/C16H26N2/c1-13-7-6-8-14(11-13)16(18(2)3)12-15-9-4-5-10-17-15/h6-8,11,15-17H,4-5,9-10,12H2,1-3H3. The van der Waals surface area contributed by atoms with Crippen LogP contribution in [0.5, 0.6) is 0 Å². The molecule has 0 aromatic heterocycles. The number of nitrogens with zero attached hydrogens (tertiary/aromatic N) is 1. The Labute approximate surface area is 111 Å². The van der Waals surface area contributed by atoms with E-state index in [4.69, 9.17) is 0 Å². The molecule has 2 heteroatoms. The molecule has 1 fully saturated rings. The molecule has 2 rings (SSSR count). The van der Waals surface area contributed by atoms with Gasteiger partial charge in [-0.1, -0.05) is 36.2 Å². The molecule has 0 radical (unpaired) electrons. The lowest BCUT2D eigenvalue weighted by molar-refractivity contribution is 0.240. The maximum atomic E-state index is 3.66. The molecular weight excluding hydrogens is 220 g/mol. The largest absolute Gasteiger partial charge is 0.314 e. The van der Waals surface area contributed by atoms with E-state index in [0.29, 0.717) is 12.1 Å². The zero-order valence-corrected chi connectivity index (χ0v) is 11.9. The van der Waals surface area contributed by atoms with Crippen molar-refractivity contribution in [2.24, 2.45) is 0 Å². The molecule has 0 bridgehead atoms. The summed E-state index contributed by atoms with van der Waals surface area (Å²) in [4.78, 5) is 2.35. The third-order valence-corrected chi connectivity index (χ3v) is 3.97. The van der Waals surface area contributed by atoms with Crippen molar-refractivity contribution in [2.75, 3.05) is 20.6 Å². The second kappa shape index (κ2) is 6.35. The van der Waals surface area contributed by atoms with Crippen LogP contribution in [0.1, 0.15) is 42.9 Å². The molecule has 1 aromatic carbocycles. The van der Waals surface area contributed by atoms with Gasteiger partial charge < -0.3 is 10.2 Å². The van der Waals surface area contributed by atoms with Crippen LogP contribution in [0.2, 0.25) is 0 Å². The van der Waals surface area contributed by atoms with E-state index in [1.54, 1.807) is 0 Å². The van der Waals surface area contributed by atoms with E-state index < -0.39 is 0 Å². The SMILES string of the molecule is Cc1cccc(C(CC2CCCCN2)N(C)C)c1. The molecule has 2 atom stereocenters. The van der Waals surface area contributed by atoms with Crippen LogP contribution in [0.15, 0.2) is 24.3 Å². The molecular formula is C16H26N2. The Morgan fingerprint density at radius 3 is 2.78 bits per heavy atom. The third kappa shape index (κ3) is 3.56. The first-order chi connectivity index (χ1) is 8.66. The van der Waals surface area contributed by atoms with Gasteiger partial charge in [0.1, 0.15) is 0 Å². The highest BCUT2D eigenvalue weighted by atomic mass is 15.1. The number of rotatable bonds is 4. The zero-order chi connectivity index (χ0) is 13.0. The van der Waals surface area contributed by atoms with Gasteiger partial charge in [-0.2, -0.15) is 0 Å². The van der Waals surface area contributed by atoms with E-state index in [9.17, 15) is 0 Å². The molecule has 0 saturated carbocycles. The summed E-state index contributed by atoms with van der Waals surface area (Å²) in [6.45, 7) is 3.37. The topological polar surface area (TPSA) is 15.3 Å². The van der Waals surface area contributed by atoms with Crippen LogP contribution in [0, 0.1) is 6.92 Å². The van der Waals surface area contributed by atoms with Crippen LogP contribution in [-0.4, -0.2) is 31.6 Å². The smallest absolute Gasteiger partial charge is 0.0356 e. The van der Waals surface area contributed by atoms with Crippen molar-refractivity contribution in [1.29, 1.82) is 0 Å². The first-order valence-corrected chi connectivity index (χ1v) is 7.13. The maximum Gasteiger partial charge on any atom is 0.0356 e. The highest BCUT2D eigenvalue weighted by Crippen LogP contribution is 2.26. The van der Waals surface area contributed by atoms with Gasteiger partial charge in [-0.15, -0.1) is 0 Å². The van der Waals surface area contributed by atoms with Crippen LogP contribution in [0.25, 0.3) is 0 Å². The Kier molecular flexibility index (Phi) is 4.79. The normalized spacial score (nSPS) is 22.1. The Morgan fingerprint density at radius 2 is 2.17 bits per heavy atom. The molecule has 1 aromatic rings. The van der Waals surface area contributed by atoms with Crippen molar-refractivity contribution < 1.29 is 0 Å². The minimum absolute atomic E-state index is 0.528. The molecule has 2 unspecified atom stereocenters. The summed E-state index contributed by atoms with van der Waals surface area (Å²) in [5, 5.41) is 3.66. The monoisotopic (exact) mass is 246 g/mol. The van der Waals surface area contributed by atoms with Gasteiger partial charge in [0.25, 0.3) is 0 Å². The fourth-order valence-corrected chi connectivity index (χ4v) is 2.92. The predicted molar refractivity (Wildman–Crippen MR) is 77.9 cm³/mol. The van der Waals surface area contributed by atoms with Crippen molar-refractivity contribution in [2.45, 2.75) is 44.7 Å². The molecule has 1 aliphatic heterocycles. The highest BCUT2D eigenvalue weighted by Gasteiger charge is 2.21. The van der Waals surface area contributed by atoms with Crippen molar-refractivity contribution in [3.05, 3.63) is 35.4 Å². The van der Waals surface area contributed by atoms with E-state index >= 15 is 0 Å². The van der Waals surface area contributed by atoms with Crippen LogP contribution in [-0.2, 0) is 0 Å². The summed E-state index contributed by atoms with van der Waals surface area (Å²) in [5.41, 5.74) is 2.81. The molecule has 1 heterocycles. The fraction of sp³-hybridized carbons (Fsp3) is 0.625. The van der Waals surface area contributed by atoms with Crippen LogP contribution < -0.4 is 5.32 Å². The second-order valence-electron chi connectivity index (χ2n) is 5.78. The predicted octanol–water partition coefficient (Wildman–Crippen LogP) is 3.13. The van der Waals surface area contributed by atoms with Gasteiger partial charge in [0, 0.05) is 12.1 Å². The van der Waals surface area contributed by atoms with Gasteiger partial charge in [-0.3, -0.25) is 0 Å². The Hall–Kier alpha value is -0.860. The van der Waals surface area contributed by atoms with Crippen molar-refractivity contribution >= 4 is 0 Å². The van der Waals surface area contributed by atoms with E-state index in [2.05, 4.69) is 55.5 Å². The van der Waals surface area contributed by atoms with Gasteiger partial charge in [0.05, 0.1) is 0 Å². The summed E-state index contributed by atoms with van der Waals surface area (Å²) in [6, 6.07) is 10.2. The third-order valence-electron chi connectivity index (χ3n) is 3.97. The Bertz CT molecular complexity index is 367. The number of piperidine rings is 1. The van der Waals surface area contributed by atoms with E-state index in [0.717, 1.165) is 0 Å². The lowest BCUT2D eigenvalue weighted by Gasteiger charge is -2.31. The number of hydrogen-bond donors (Lipinski definition) is 1. The number of benzene rings is 1. The van der Waals surface area contributed by atoms with Crippen molar-refractivity contribution in [3.8, 4) is 0 Å². The molecule has 1 saturated heterocycles. The minimum atomic E-state index is 0.528. The number of nitrogens with one attached hydrogen (secondary N) is 1. The molecule has 2 nitrogen and oxygen atoms in total. The van der Waals surface area contributed by atoms with Crippen LogP contribution in [0.3, 0.4) is 0 Å². The number of hydrogen-bond acceptors (Lipinski definition) is 2. The summed E-state index contributed by atoms with van der Waals surface area (Å²) in [7, 11) is 4.38. The Balaban J connectivity index is 2.07. The quantitative estimate of drug-likeness (QED) is 0.878. The molecule has 0 amide bonds. The van der Waals surface area contributed by atoms with Crippen molar-refractivity contribution in [1.82, 2.24) is 10.2 Å². The molecule has 0 aliphatic carbocycles. The van der Waals surface area contributed by atoms with Gasteiger partial charge in [0.2, 0.25) is 0 Å². The maximum absolute atomic E-state index is 3.66. The minimum Gasteiger partial charge on any atom is -0.314 e. The molecule has 1 N–H and O–H groups in total. The van der Waals surface area contributed by atoms with E-state index in [1.165, 1.54) is 43.4 Å². The zero-order valence-electron chi connectivity index (χ0n) is 11.9. The second-order valence-corrected chi connectivity index (χ2v) is 5.78. The van der Waals surface area contributed by atoms with Crippen molar-refractivity contribution in [3.63, 3.8) is 0 Å². The van der Waals surface area contributed by atoms with Gasteiger partial charge in [-0.25, -0.2) is 0 Å². The van der Waals surface area contributed by atoms with Gasteiger partial charge in [-0.05, 0) is 52.4 Å². The van der Waals surface area contributed by atoms with Crippen LogP contribution in [0.4, 0.5) is 0 Å². The lowest BCUT2D eigenvalue weighted by Crippen LogP contribution is -2.37. The average Bonchev–Trinajstić information content (AvgIpc) is 2.37. The van der Waals surface area contributed by atoms with Gasteiger partial charge >= 0.3 is 0 Å². The molecule has 0 spiro atoms. The summed E-state index contributed by atoms with van der Waals surface area (Å²) in [6.07, 6.45) is 5.27. The molecule has 100 valence electrons. The van der Waals surface area contributed by atoms with E-state index in [1.807, 2.05) is 0 Å². The molecule has 18 heavy (non-hydrogen) atoms. The average molecular weight is 246 g/mol. The summed E-state index contributed by atoms with van der Waals surface area (Å²) in [5.74, 6) is 0. The first-order valence-electron chi connectivity index (χ1n) is 7.13. The molecule has 1 aliphatic rings. The summed E-state index contributed by atoms with van der Waals surface area (Å²) >= 11 is 0.